The molecule has 1 heterocycles. The maximum atomic E-state index is 12.0. The van der Waals surface area contributed by atoms with E-state index in [-0.39, 0.29) is 11.6 Å². The Balaban J connectivity index is 1.52. The van der Waals surface area contributed by atoms with E-state index in [1.54, 1.807) is 36.4 Å². The van der Waals surface area contributed by atoms with Gasteiger partial charge in [0, 0.05) is 25.2 Å². The minimum atomic E-state index is -0.453. The van der Waals surface area contributed by atoms with Crippen molar-refractivity contribution in [3.05, 3.63) is 58.2 Å². The standard InChI is InChI=1S/C20H21N3O6/c1-27-17-12-14(13-18-20(17)29-11-10-28-18)6-7-19(24)22-9-8-21-15-4-2-3-5-16(15)23(25)26/h2-7,12-13,21H,8-11H2,1H3,(H,22,24)/b7-6+. The molecular weight excluding hydrogens is 378 g/mol. The quantitative estimate of drug-likeness (QED) is 0.304. The van der Waals surface area contributed by atoms with Gasteiger partial charge in [-0.15, -0.1) is 0 Å². The normalized spacial score (nSPS) is 12.4. The number of hydrogen-bond acceptors (Lipinski definition) is 7. The van der Waals surface area contributed by atoms with Crippen LogP contribution in [-0.4, -0.2) is 44.2 Å². The van der Waals surface area contributed by atoms with Crippen molar-refractivity contribution in [2.75, 3.05) is 38.7 Å². The first-order valence-electron chi connectivity index (χ1n) is 8.99. The molecule has 2 aromatic carbocycles. The molecule has 0 unspecified atom stereocenters. The molecule has 0 atom stereocenters. The molecule has 0 radical (unpaired) electrons. The predicted octanol–water partition coefficient (Wildman–Crippen LogP) is 2.62. The van der Waals surface area contributed by atoms with E-state index in [1.807, 2.05) is 0 Å². The SMILES string of the molecule is COc1cc(/C=C/C(=O)NCCNc2ccccc2[N+](=O)[O-])cc2c1OCCO2. The predicted molar refractivity (Wildman–Crippen MR) is 108 cm³/mol. The zero-order chi connectivity index (χ0) is 20.6. The number of ether oxygens (including phenoxy) is 3. The summed E-state index contributed by atoms with van der Waals surface area (Å²) in [7, 11) is 1.54. The third kappa shape index (κ3) is 5.16. The molecule has 2 aromatic rings. The minimum absolute atomic E-state index is 0.00808. The number of para-hydroxylation sites is 2. The number of fused-ring (bicyclic) bond motifs is 1. The molecule has 29 heavy (non-hydrogen) atoms. The highest BCUT2D eigenvalue weighted by Crippen LogP contribution is 2.40. The fraction of sp³-hybridized carbons (Fsp3) is 0.250. The molecule has 0 aliphatic carbocycles. The molecule has 9 nitrogen and oxygen atoms in total. The number of anilines is 1. The summed E-state index contributed by atoms with van der Waals surface area (Å²) in [5.74, 6) is 1.38. The molecule has 2 N–H and O–H groups in total. The Kier molecular flexibility index (Phi) is 6.51. The molecular formula is C20H21N3O6. The lowest BCUT2D eigenvalue weighted by molar-refractivity contribution is -0.384. The van der Waals surface area contributed by atoms with E-state index in [4.69, 9.17) is 14.2 Å². The Hall–Kier alpha value is -3.75. The zero-order valence-electron chi connectivity index (χ0n) is 15.8. The van der Waals surface area contributed by atoms with Gasteiger partial charge >= 0.3 is 0 Å². The molecule has 1 aliphatic heterocycles. The summed E-state index contributed by atoms with van der Waals surface area (Å²) in [5, 5.41) is 16.6. The minimum Gasteiger partial charge on any atom is -0.493 e. The lowest BCUT2D eigenvalue weighted by atomic mass is 10.1. The van der Waals surface area contributed by atoms with Crippen LogP contribution in [-0.2, 0) is 4.79 Å². The maximum Gasteiger partial charge on any atom is 0.292 e. The van der Waals surface area contributed by atoms with Gasteiger partial charge in [-0.3, -0.25) is 14.9 Å². The van der Waals surface area contributed by atoms with Crippen LogP contribution in [0.15, 0.2) is 42.5 Å². The van der Waals surface area contributed by atoms with Crippen LogP contribution in [0.2, 0.25) is 0 Å². The second-order valence-corrected chi connectivity index (χ2v) is 6.07. The number of carbonyl (C=O) groups is 1. The van der Waals surface area contributed by atoms with E-state index in [1.165, 1.54) is 19.3 Å². The second-order valence-electron chi connectivity index (χ2n) is 6.07. The summed E-state index contributed by atoms with van der Waals surface area (Å²) in [6.45, 7) is 1.57. The van der Waals surface area contributed by atoms with Crippen molar-refractivity contribution in [2.24, 2.45) is 0 Å². The van der Waals surface area contributed by atoms with Gasteiger partial charge in [-0.25, -0.2) is 0 Å². The topological polar surface area (TPSA) is 112 Å². The highest BCUT2D eigenvalue weighted by molar-refractivity contribution is 5.92. The summed E-state index contributed by atoms with van der Waals surface area (Å²) in [6, 6.07) is 9.88. The lowest BCUT2D eigenvalue weighted by Crippen LogP contribution is -2.27. The highest BCUT2D eigenvalue weighted by Gasteiger charge is 2.17. The number of nitrogens with one attached hydrogen (secondary N) is 2. The van der Waals surface area contributed by atoms with Crippen LogP contribution in [0.25, 0.3) is 6.08 Å². The van der Waals surface area contributed by atoms with Gasteiger partial charge in [-0.05, 0) is 29.8 Å². The molecule has 0 saturated heterocycles. The van der Waals surface area contributed by atoms with E-state index >= 15 is 0 Å². The molecule has 0 aromatic heterocycles. The average molecular weight is 399 g/mol. The number of benzene rings is 2. The molecule has 9 heteroatoms. The van der Waals surface area contributed by atoms with Crippen LogP contribution < -0.4 is 24.8 Å². The zero-order valence-corrected chi connectivity index (χ0v) is 15.8. The van der Waals surface area contributed by atoms with Gasteiger partial charge in [-0.1, -0.05) is 12.1 Å². The van der Waals surface area contributed by atoms with Crippen LogP contribution in [0, 0.1) is 10.1 Å². The summed E-state index contributed by atoms with van der Waals surface area (Å²) in [5.41, 5.74) is 1.14. The summed E-state index contributed by atoms with van der Waals surface area (Å²) in [6.07, 6.45) is 3.04. The second kappa shape index (κ2) is 9.45. The van der Waals surface area contributed by atoms with E-state index in [0.29, 0.717) is 49.2 Å². The van der Waals surface area contributed by atoms with Gasteiger partial charge in [-0.2, -0.15) is 0 Å². The van der Waals surface area contributed by atoms with Crippen molar-refractivity contribution in [1.29, 1.82) is 0 Å². The fourth-order valence-electron chi connectivity index (χ4n) is 2.79. The third-order valence-corrected chi connectivity index (χ3v) is 4.12. The Labute approximate surface area is 167 Å². The number of hydrogen-bond donors (Lipinski definition) is 2. The molecule has 152 valence electrons. The number of carbonyl (C=O) groups excluding carboxylic acids is 1. The smallest absolute Gasteiger partial charge is 0.292 e. The molecule has 3 rings (SSSR count). The van der Waals surface area contributed by atoms with E-state index in [0.717, 1.165) is 5.56 Å². The number of nitro benzene ring substituents is 1. The van der Waals surface area contributed by atoms with Gasteiger partial charge < -0.3 is 24.8 Å². The Morgan fingerprint density at radius 2 is 2.03 bits per heavy atom. The van der Waals surface area contributed by atoms with Crippen molar-refractivity contribution >= 4 is 23.4 Å². The van der Waals surface area contributed by atoms with Gasteiger partial charge in [0.2, 0.25) is 11.7 Å². The fourth-order valence-corrected chi connectivity index (χ4v) is 2.79. The van der Waals surface area contributed by atoms with Crippen molar-refractivity contribution < 1.29 is 23.9 Å². The summed E-state index contributed by atoms with van der Waals surface area (Å²) in [4.78, 5) is 22.6. The first-order valence-corrected chi connectivity index (χ1v) is 8.99. The largest absolute Gasteiger partial charge is 0.493 e. The molecule has 1 amide bonds. The number of methoxy groups -OCH3 is 1. The highest BCUT2D eigenvalue weighted by atomic mass is 16.6. The molecule has 0 spiro atoms. The van der Waals surface area contributed by atoms with Crippen LogP contribution >= 0.6 is 0 Å². The lowest BCUT2D eigenvalue weighted by Gasteiger charge is -2.20. The average Bonchev–Trinajstić information content (AvgIpc) is 2.74. The van der Waals surface area contributed by atoms with Crippen LogP contribution in [0.1, 0.15) is 5.56 Å². The molecule has 0 saturated carbocycles. The van der Waals surface area contributed by atoms with Crippen molar-refractivity contribution in [2.45, 2.75) is 0 Å². The third-order valence-electron chi connectivity index (χ3n) is 4.12. The monoisotopic (exact) mass is 399 g/mol. The van der Waals surface area contributed by atoms with Crippen LogP contribution in [0.5, 0.6) is 17.2 Å². The van der Waals surface area contributed by atoms with E-state index in [9.17, 15) is 14.9 Å². The van der Waals surface area contributed by atoms with Gasteiger partial charge in [0.1, 0.15) is 18.9 Å². The number of nitrogens with zero attached hydrogens (tertiary/aromatic N) is 1. The van der Waals surface area contributed by atoms with Crippen molar-refractivity contribution in [1.82, 2.24) is 5.32 Å². The Morgan fingerprint density at radius 1 is 1.24 bits per heavy atom. The molecule has 1 aliphatic rings. The van der Waals surface area contributed by atoms with Crippen LogP contribution in [0.3, 0.4) is 0 Å². The molecule has 0 bridgehead atoms. The van der Waals surface area contributed by atoms with Crippen molar-refractivity contribution in [3.63, 3.8) is 0 Å². The van der Waals surface area contributed by atoms with Crippen LogP contribution in [0.4, 0.5) is 11.4 Å². The van der Waals surface area contributed by atoms with E-state index in [2.05, 4.69) is 10.6 Å². The Bertz CT molecular complexity index is 911. The van der Waals surface area contributed by atoms with E-state index < -0.39 is 4.92 Å². The Morgan fingerprint density at radius 3 is 2.83 bits per heavy atom. The summed E-state index contributed by atoms with van der Waals surface area (Å²) >= 11 is 0. The number of nitro groups is 1. The first kappa shape index (κ1) is 20.0. The van der Waals surface area contributed by atoms with Gasteiger partial charge in [0.25, 0.3) is 5.69 Å². The first-order chi connectivity index (χ1) is 14.1. The van der Waals surface area contributed by atoms with Crippen molar-refractivity contribution in [3.8, 4) is 17.2 Å². The van der Waals surface area contributed by atoms with Gasteiger partial charge in [0.15, 0.2) is 11.5 Å². The molecule has 0 fully saturated rings. The summed E-state index contributed by atoms with van der Waals surface area (Å²) < 4.78 is 16.4. The maximum absolute atomic E-state index is 12.0. The van der Waals surface area contributed by atoms with Gasteiger partial charge in [0.05, 0.1) is 12.0 Å². The number of amides is 1. The number of rotatable bonds is 8.